The molecule has 0 saturated heterocycles. The second-order valence-electron chi connectivity index (χ2n) is 0.822. The van der Waals surface area contributed by atoms with Gasteiger partial charge in [-0.15, -0.1) is 0 Å². The molecular weight excluding hydrogens is 139 g/mol. The van der Waals surface area contributed by atoms with Crippen LogP contribution in [0.4, 0.5) is 0 Å². The molecule has 6 heteroatoms. The molecule has 42 valence electrons. The van der Waals surface area contributed by atoms with Crippen molar-refractivity contribution in [2.75, 3.05) is 13.2 Å². The van der Waals surface area contributed by atoms with Crippen molar-refractivity contribution >= 4 is 9.17 Å². The van der Waals surface area contributed by atoms with E-state index < -0.39 is 9.17 Å². The summed E-state index contributed by atoms with van der Waals surface area (Å²) in [5, 5.41) is 7.93. The third-order valence-electron chi connectivity index (χ3n) is 0.311. The topological polar surface area (TPSA) is 69.6 Å². The van der Waals surface area contributed by atoms with Crippen LogP contribution in [0.5, 0.6) is 0 Å². The second-order valence-corrected chi connectivity index (χ2v) is 1.61. The maximum Gasteiger partial charge on any atom is 1.00 e. The molecule has 0 aliphatic carbocycles. The van der Waals surface area contributed by atoms with E-state index >= 15 is 0 Å². The van der Waals surface area contributed by atoms with Gasteiger partial charge in [-0.25, -0.2) is 0 Å². The first kappa shape index (κ1) is 11.4. The van der Waals surface area contributed by atoms with Crippen LogP contribution < -0.4 is 34.4 Å². The van der Waals surface area contributed by atoms with Crippen LogP contribution in [0, 0.1) is 0 Å². The van der Waals surface area contributed by atoms with Crippen molar-refractivity contribution in [1.29, 1.82) is 0 Å². The van der Waals surface area contributed by atoms with Gasteiger partial charge in [0.05, 0.1) is 6.61 Å². The van der Waals surface area contributed by atoms with Gasteiger partial charge in [-0.2, -0.15) is 0 Å². The number of aliphatic hydroxyl groups is 1. The normalized spacial score (nSPS) is 7.12. The molecule has 0 aliphatic heterocycles. The van der Waals surface area contributed by atoms with Crippen molar-refractivity contribution < 1.29 is 48.3 Å². The largest absolute Gasteiger partial charge is 1.00 e. The molecule has 0 saturated carbocycles. The Hall–Kier alpha value is 0.577. The fraction of sp³-hybridized carbons (Fsp3) is 1.00. The van der Waals surface area contributed by atoms with Crippen molar-refractivity contribution in [3.8, 4) is 0 Å². The number of rotatable bonds is 3. The van der Waals surface area contributed by atoms with Crippen LogP contribution >= 0.6 is 0 Å². The Labute approximate surface area is 70.7 Å². The van der Waals surface area contributed by atoms with Crippen molar-refractivity contribution in [2.24, 2.45) is 0 Å². The van der Waals surface area contributed by atoms with Gasteiger partial charge in [-0.3, -0.25) is 0 Å². The van der Waals surface area contributed by atoms with Crippen LogP contribution in [0.25, 0.3) is 0 Å². The third-order valence-corrected chi connectivity index (χ3v) is 0.751. The van der Waals surface area contributed by atoms with E-state index in [4.69, 9.17) is 5.11 Å². The molecule has 4 nitrogen and oxygen atoms in total. The van der Waals surface area contributed by atoms with E-state index in [0.717, 1.165) is 0 Å². The summed E-state index contributed by atoms with van der Waals surface area (Å²) in [5.41, 5.74) is 0. The molecular formula is C2H5NaO4Si. The molecule has 0 aromatic carbocycles. The Morgan fingerprint density at radius 2 is 2.25 bits per heavy atom. The molecule has 0 heterocycles. The standard InChI is InChI=1S/C2H5O4Si.Na/c3-1-2-6-7(4)5;/h3H,1-2H2;/q-1;+1. The van der Waals surface area contributed by atoms with Crippen LogP contribution in [-0.2, 0) is 8.89 Å². The summed E-state index contributed by atoms with van der Waals surface area (Å²) in [6.45, 7) is -0.375. The van der Waals surface area contributed by atoms with Gasteiger partial charge in [0.1, 0.15) is 0 Å². The van der Waals surface area contributed by atoms with E-state index in [-0.39, 0.29) is 42.8 Å². The molecule has 0 atom stereocenters. The third kappa shape index (κ3) is 9.76. The maximum atomic E-state index is 9.50. The van der Waals surface area contributed by atoms with E-state index in [1.807, 2.05) is 0 Å². The van der Waals surface area contributed by atoms with Crippen LogP contribution in [0.2, 0.25) is 0 Å². The Morgan fingerprint density at radius 3 is 2.38 bits per heavy atom. The molecule has 0 bridgehead atoms. The molecule has 0 radical (unpaired) electrons. The van der Waals surface area contributed by atoms with Crippen molar-refractivity contribution in [1.82, 2.24) is 0 Å². The second kappa shape index (κ2) is 7.58. The van der Waals surface area contributed by atoms with E-state index in [9.17, 15) is 9.26 Å². The van der Waals surface area contributed by atoms with E-state index in [0.29, 0.717) is 0 Å². The molecule has 0 spiro atoms. The summed E-state index contributed by atoms with van der Waals surface area (Å²) in [6.07, 6.45) is 0. The zero-order valence-electron chi connectivity index (χ0n) is 4.59. The van der Waals surface area contributed by atoms with Crippen LogP contribution in [0.1, 0.15) is 0 Å². The van der Waals surface area contributed by atoms with Gasteiger partial charge in [0.2, 0.25) is 0 Å². The Balaban J connectivity index is 0. The Morgan fingerprint density at radius 1 is 1.75 bits per heavy atom. The number of aliphatic hydroxyl groups excluding tert-OH is 1. The van der Waals surface area contributed by atoms with Crippen LogP contribution in [0.3, 0.4) is 0 Å². The fourth-order valence-electron chi connectivity index (χ4n) is 0.129. The average molecular weight is 144 g/mol. The summed E-state index contributed by atoms with van der Waals surface area (Å²) >= 11 is 0. The minimum Gasteiger partial charge on any atom is -0.586 e. The van der Waals surface area contributed by atoms with E-state index in [1.54, 1.807) is 0 Å². The summed E-state index contributed by atoms with van der Waals surface area (Å²) < 4.78 is 13.4. The summed E-state index contributed by atoms with van der Waals surface area (Å²) in [7, 11) is -3.06. The van der Waals surface area contributed by atoms with Crippen LogP contribution in [0.15, 0.2) is 0 Å². The van der Waals surface area contributed by atoms with Gasteiger partial charge in [0.25, 0.3) is 0 Å². The summed E-state index contributed by atoms with van der Waals surface area (Å²) in [6, 6.07) is 0. The summed E-state index contributed by atoms with van der Waals surface area (Å²) in [5.74, 6) is 0. The molecule has 8 heavy (non-hydrogen) atoms. The van der Waals surface area contributed by atoms with Crippen molar-refractivity contribution in [3.05, 3.63) is 0 Å². The van der Waals surface area contributed by atoms with Gasteiger partial charge >= 0.3 is 38.7 Å². The number of hydrogen-bond donors (Lipinski definition) is 1. The van der Waals surface area contributed by atoms with Gasteiger partial charge in [0.15, 0.2) is 0 Å². The zero-order valence-corrected chi connectivity index (χ0v) is 7.59. The minimum absolute atomic E-state index is 0. The molecule has 1 N–H and O–H groups in total. The van der Waals surface area contributed by atoms with E-state index in [1.165, 1.54) is 0 Å². The van der Waals surface area contributed by atoms with Gasteiger partial charge in [-0.1, -0.05) is 0 Å². The molecule has 0 aromatic rings. The van der Waals surface area contributed by atoms with Crippen molar-refractivity contribution in [3.63, 3.8) is 0 Å². The zero-order chi connectivity index (χ0) is 5.70. The average Bonchev–Trinajstić information content (AvgIpc) is 1.61. The van der Waals surface area contributed by atoms with Gasteiger partial charge in [-0.05, 0) is 0 Å². The first-order valence-corrected chi connectivity index (χ1v) is 2.94. The quantitative estimate of drug-likeness (QED) is 0.402. The SMILES string of the molecule is O=[Si]([O-])OCCO.[Na+]. The minimum atomic E-state index is -3.06. The maximum absolute atomic E-state index is 9.50. The molecule has 0 amide bonds. The Kier molecular flexibility index (Phi) is 10.8. The smallest absolute Gasteiger partial charge is 0.586 e. The van der Waals surface area contributed by atoms with Crippen molar-refractivity contribution in [2.45, 2.75) is 0 Å². The van der Waals surface area contributed by atoms with Gasteiger partial charge in [0, 0.05) is 6.61 Å². The van der Waals surface area contributed by atoms with Crippen LogP contribution in [-0.4, -0.2) is 27.5 Å². The molecule has 0 fully saturated rings. The predicted octanol–water partition coefficient (Wildman–Crippen LogP) is -5.22. The van der Waals surface area contributed by atoms with Gasteiger partial charge < -0.3 is 18.8 Å². The molecule has 0 aromatic heterocycles. The van der Waals surface area contributed by atoms with E-state index in [2.05, 4.69) is 4.43 Å². The molecule has 0 rings (SSSR count). The number of hydrogen-bond acceptors (Lipinski definition) is 4. The molecule has 0 unspecified atom stereocenters. The first-order chi connectivity index (χ1) is 3.27. The Bertz CT molecular complexity index is 67.1. The first-order valence-electron chi connectivity index (χ1n) is 1.72. The fourth-order valence-corrected chi connectivity index (χ4v) is 0.387. The molecule has 0 aliphatic rings. The summed E-state index contributed by atoms with van der Waals surface area (Å²) in [4.78, 5) is 9.50. The monoisotopic (exact) mass is 144 g/mol. The predicted molar refractivity (Wildman–Crippen MR) is 19.5 cm³/mol.